The number of rotatable bonds is 5. The molecule has 1 heterocycles. The van der Waals surface area contributed by atoms with Crippen molar-refractivity contribution in [2.75, 3.05) is 13.2 Å². The molecule has 0 aliphatic carbocycles. The molecule has 2 nitrogen and oxygen atoms in total. The molecule has 84 valence electrons. The molecule has 1 fully saturated rings. The SMILES string of the molecule is CCCNC(C(C)C)C1CCOC1C. The normalized spacial score (nSPS) is 29.8. The van der Waals surface area contributed by atoms with Gasteiger partial charge in [-0.25, -0.2) is 0 Å². The Kier molecular flexibility index (Phi) is 4.90. The van der Waals surface area contributed by atoms with Crippen LogP contribution in [0.3, 0.4) is 0 Å². The first-order chi connectivity index (χ1) is 6.66. The monoisotopic (exact) mass is 199 g/mol. The van der Waals surface area contributed by atoms with Crippen LogP contribution in [-0.4, -0.2) is 25.3 Å². The van der Waals surface area contributed by atoms with Gasteiger partial charge in [0.05, 0.1) is 6.10 Å². The van der Waals surface area contributed by atoms with Gasteiger partial charge in [-0.05, 0) is 32.2 Å². The van der Waals surface area contributed by atoms with Gasteiger partial charge in [0.2, 0.25) is 0 Å². The first-order valence-electron chi connectivity index (χ1n) is 6.01. The minimum Gasteiger partial charge on any atom is -0.378 e. The molecule has 0 amide bonds. The lowest BCUT2D eigenvalue weighted by atomic mass is 9.86. The summed E-state index contributed by atoms with van der Waals surface area (Å²) < 4.78 is 5.64. The molecular weight excluding hydrogens is 174 g/mol. The van der Waals surface area contributed by atoms with E-state index >= 15 is 0 Å². The molecule has 1 N–H and O–H groups in total. The molecule has 1 aliphatic rings. The summed E-state index contributed by atoms with van der Waals surface area (Å²) in [5, 5.41) is 3.66. The molecule has 14 heavy (non-hydrogen) atoms. The predicted octanol–water partition coefficient (Wildman–Crippen LogP) is 2.44. The van der Waals surface area contributed by atoms with Gasteiger partial charge in [-0.1, -0.05) is 20.8 Å². The molecule has 1 saturated heterocycles. The Morgan fingerprint density at radius 2 is 2.14 bits per heavy atom. The number of ether oxygens (including phenoxy) is 1. The van der Waals surface area contributed by atoms with Crippen LogP contribution in [0.15, 0.2) is 0 Å². The summed E-state index contributed by atoms with van der Waals surface area (Å²) in [5.41, 5.74) is 0. The molecule has 1 rings (SSSR count). The Hall–Kier alpha value is -0.0800. The lowest BCUT2D eigenvalue weighted by Crippen LogP contribution is -2.43. The van der Waals surface area contributed by atoms with Crippen molar-refractivity contribution in [3.8, 4) is 0 Å². The lowest BCUT2D eigenvalue weighted by molar-refractivity contribution is 0.0890. The minimum atomic E-state index is 0.437. The van der Waals surface area contributed by atoms with Crippen LogP contribution in [-0.2, 0) is 4.74 Å². The van der Waals surface area contributed by atoms with Gasteiger partial charge in [-0.15, -0.1) is 0 Å². The van der Waals surface area contributed by atoms with Gasteiger partial charge >= 0.3 is 0 Å². The maximum Gasteiger partial charge on any atom is 0.0590 e. The van der Waals surface area contributed by atoms with Crippen molar-refractivity contribution in [3.05, 3.63) is 0 Å². The Morgan fingerprint density at radius 1 is 1.43 bits per heavy atom. The number of nitrogens with one attached hydrogen (secondary N) is 1. The molecule has 3 unspecified atom stereocenters. The molecule has 2 heteroatoms. The van der Waals surface area contributed by atoms with Gasteiger partial charge in [0, 0.05) is 18.6 Å². The van der Waals surface area contributed by atoms with Gasteiger partial charge in [0.25, 0.3) is 0 Å². The van der Waals surface area contributed by atoms with E-state index in [1.54, 1.807) is 0 Å². The Labute approximate surface area is 88.4 Å². The highest BCUT2D eigenvalue weighted by molar-refractivity contribution is 4.86. The van der Waals surface area contributed by atoms with Crippen LogP contribution in [0.4, 0.5) is 0 Å². The van der Waals surface area contributed by atoms with E-state index in [0.717, 1.165) is 13.2 Å². The average molecular weight is 199 g/mol. The standard InChI is InChI=1S/C12H25NO/c1-5-7-13-12(9(2)3)11-6-8-14-10(11)4/h9-13H,5-8H2,1-4H3. The van der Waals surface area contributed by atoms with E-state index in [2.05, 4.69) is 33.0 Å². The van der Waals surface area contributed by atoms with Crippen LogP contribution in [0.1, 0.15) is 40.5 Å². The molecule has 0 aromatic carbocycles. The second-order valence-electron chi connectivity index (χ2n) is 4.75. The maximum absolute atomic E-state index is 5.64. The van der Waals surface area contributed by atoms with Crippen LogP contribution in [0.2, 0.25) is 0 Å². The zero-order valence-corrected chi connectivity index (χ0v) is 10.0. The molecule has 3 atom stereocenters. The number of hydrogen-bond donors (Lipinski definition) is 1. The molecule has 0 aromatic rings. The van der Waals surface area contributed by atoms with Crippen molar-refractivity contribution in [3.63, 3.8) is 0 Å². The summed E-state index contributed by atoms with van der Waals surface area (Å²) in [5.74, 6) is 1.41. The van der Waals surface area contributed by atoms with Crippen LogP contribution in [0.5, 0.6) is 0 Å². The third kappa shape index (κ3) is 2.96. The van der Waals surface area contributed by atoms with E-state index < -0.39 is 0 Å². The molecule has 0 saturated carbocycles. The highest BCUT2D eigenvalue weighted by atomic mass is 16.5. The molecular formula is C12H25NO. The van der Waals surface area contributed by atoms with Gasteiger partial charge in [0.1, 0.15) is 0 Å². The van der Waals surface area contributed by atoms with Crippen LogP contribution in [0, 0.1) is 11.8 Å². The zero-order chi connectivity index (χ0) is 10.6. The van der Waals surface area contributed by atoms with Crippen LogP contribution >= 0.6 is 0 Å². The molecule has 0 bridgehead atoms. The summed E-state index contributed by atoms with van der Waals surface area (Å²) in [6, 6.07) is 0.632. The average Bonchev–Trinajstić information content (AvgIpc) is 2.52. The van der Waals surface area contributed by atoms with Gasteiger partial charge < -0.3 is 10.1 Å². The van der Waals surface area contributed by atoms with Crippen molar-refractivity contribution in [1.82, 2.24) is 5.32 Å². The maximum atomic E-state index is 5.64. The second-order valence-corrected chi connectivity index (χ2v) is 4.75. The van der Waals surface area contributed by atoms with Crippen molar-refractivity contribution in [1.29, 1.82) is 0 Å². The first-order valence-corrected chi connectivity index (χ1v) is 6.01. The highest BCUT2D eigenvalue weighted by Crippen LogP contribution is 2.27. The van der Waals surface area contributed by atoms with E-state index in [4.69, 9.17) is 4.74 Å². The van der Waals surface area contributed by atoms with E-state index in [1.165, 1.54) is 12.8 Å². The fraction of sp³-hybridized carbons (Fsp3) is 1.00. The van der Waals surface area contributed by atoms with E-state index in [-0.39, 0.29) is 0 Å². The summed E-state index contributed by atoms with van der Waals surface area (Å²) in [7, 11) is 0. The van der Waals surface area contributed by atoms with Crippen molar-refractivity contribution >= 4 is 0 Å². The largest absolute Gasteiger partial charge is 0.378 e. The Morgan fingerprint density at radius 3 is 2.57 bits per heavy atom. The van der Waals surface area contributed by atoms with Crippen LogP contribution < -0.4 is 5.32 Å². The highest BCUT2D eigenvalue weighted by Gasteiger charge is 2.32. The smallest absolute Gasteiger partial charge is 0.0590 e. The quantitative estimate of drug-likeness (QED) is 0.734. The first kappa shape index (κ1) is 12.0. The Balaban J connectivity index is 2.48. The van der Waals surface area contributed by atoms with Crippen molar-refractivity contribution in [2.45, 2.75) is 52.7 Å². The molecule has 0 aromatic heterocycles. The fourth-order valence-electron chi connectivity index (χ4n) is 2.41. The summed E-state index contributed by atoms with van der Waals surface area (Å²) in [6.45, 7) is 11.1. The second kappa shape index (κ2) is 5.72. The van der Waals surface area contributed by atoms with Crippen molar-refractivity contribution < 1.29 is 4.74 Å². The molecule has 0 radical (unpaired) electrons. The van der Waals surface area contributed by atoms with E-state index in [9.17, 15) is 0 Å². The topological polar surface area (TPSA) is 21.3 Å². The number of hydrogen-bond acceptors (Lipinski definition) is 2. The van der Waals surface area contributed by atoms with Crippen LogP contribution in [0.25, 0.3) is 0 Å². The predicted molar refractivity (Wildman–Crippen MR) is 60.4 cm³/mol. The lowest BCUT2D eigenvalue weighted by Gasteiger charge is -2.30. The summed E-state index contributed by atoms with van der Waals surface area (Å²) in [6.07, 6.45) is 2.87. The third-order valence-corrected chi connectivity index (χ3v) is 3.24. The zero-order valence-electron chi connectivity index (χ0n) is 10.0. The summed E-state index contributed by atoms with van der Waals surface area (Å²) >= 11 is 0. The summed E-state index contributed by atoms with van der Waals surface area (Å²) in [4.78, 5) is 0. The van der Waals surface area contributed by atoms with E-state index in [0.29, 0.717) is 24.0 Å². The van der Waals surface area contributed by atoms with Gasteiger partial charge in [-0.3, -0.25) is 0 Å². The minimum absolute atomic E-state index is 0.437. The van der Waals surface area contributed by atoms with E-state index in [1.807, 2.05) is 0 Å². The Bertz CT molecular complexity index is 158. The molecule has 1 aliphatic heterocycles. The van der Waals surface area contributed by atoms with Gasteiger partial charge in [0.15, 0.2) is 0 Å². The van der Waals surface area contributed by atoms with Crippen molar-refractivity contribution in [2.24, 2.45) is 11.8 Å². The third-order valence-electron chi connectivity index (χ3n) is 3.24. The molecule has 0 spiro atoms. The van der Waals surface area contributed by atoms with Gasteiger partial charge in [-0.2, -0.15) is 0 Å². The fourth-order valence-corrected chi connectivity index (χ4v) is 2.41.